The van der Waals surface area contributed by atoms with E-state index in [1.54, 1.807) is 5.38 Å². The predicted molar refractivity (Wildman–Crippen MR) is 92.7 cm³/mol. The highest BCUT2D eigenvalue weighted by Gasteiger charge is 2.33. The Hall–Kier alpha value is -2.22. The molecule has 3 amide bonds. The second kappa shape index (κ2) is 8.58. The molecule has 1 unspecified atom stereocenters. The van der Waals surface area contributed by atoms with Crippen LogP contribution in [-0.2, 0) is 20.8 Å². The molecule has 0 spiro atoms. The standard InChI is InChI=1S/C16H22N4O3S/c1-3-7-17-13(21)9-11-10-24-16(18-11)19-15(23)12-6-5-8-20(12)14(22)4-2/h4,10,12H,2-3,5-9H2,1H3,(H,17,21)(H,18,19,23). The van der Waals surface area contributed by atoms with Gasteiger partial charge in [-0.05, 0) is 25.3 Å². The first-order valence-electron chi connectivity index (χ1n) is 8.00. The van der Waals surface area contributed by atoms with E-state index in [9.17, 15) is 14.4 Å². The van der Waals surface area contributed by atoms with Crippen molar-refractivity contribution in [1.82, 2.24) is 15.2 Å². The van der Waals surface area contributed by atoms with E-state index >= 15 is 0 Å². The highest BCUT2D eigenvalue weighted by atomic mass is 32.1. The summed E-state index contributed by atoms with van der Waals surface area (Å²) in [6, 6.07) is -0.490. The molecule has 1 aliphatic rings. The molecule has 0 aromatic carbocycles. The molecule has 2 rings (SSSR count). The van der Waals surface area contributed by atoms with Crippen LogP contribution in [0, 0.1) is 0 Å². The molecule has 1 fully saturated rings. The number of carbonyl (C=O) groups is 3. The van der Waals surface area contributed by atoms with E-state index in [1.165, 1.54) is 22.3 Å². The first-order valence-corrected chi connectivity index (χ1v) is 8.88. The van der Waals surface area contributed by atoms with Gasteiger partial charge >= 0.3 is 0 Å². The van der Waals surface area contributed by atoms with E-state index in [-0.39, 0.29) is 24.1 Å². The predicted octanol–water partition coefficient (Wildman–Crippen LogP) is 1.33. The number of nitrogens with one attached hydrogen (secondary N) is 2. The third-order valence-electron chi connectivity index (χ3n) is 3.71. The first kappa shape index (κ1) is 18.1. The molecule has 130 valence electrons. The van der Waals surface area contributed by atoms with Gasteiger partial charge in [-0.15, -0.1) is 11.3 Å². The van der Waals surface area contributed by atoms with Gasteiger partial charge in [0.25, 0.3) is 0 Å². The van der Waals surface area contributed by atoms with Crippen molar-refractivity contribution in [1.29, 1.82) is 0 Å². The second-order valence-electron chi connectivity index (χ2n) is 5.55. The highest BCUT2D eigenvalue weighted by molar-refractivity contribution is 7.13. The van der Waals surface area contributed by atoms with Gasteiger partial charge in [-0.1, -0.05) is 13.5 Å². The zero-order valence-corrected chi connectivity index (χ0v) is 14.5. The van der Waals surface area contributed by atoms with E-state index in [0.29, 0.717) is 30.3 Å². The van der Waals surface area contributed by atoms with Gasteiger partial charge in [-0.3, -0.25) is 14.4 Å². The fourth-order valence-corrected chi connectivity index (χ4v) is 3.26. The van der Waals surface area contributed by atoms with Gasteiger partial charge in [0.1, 0.15) is 6.04 Å². The van der Waals surface area contributed by atoms with Gasteiger partial charge in [0.2, 0.25) is 17.7 Å². The van der Waals surface area contributed by atoms with E-state index in [2.05, 4.69) is 22.2 Å². The number of nitrogens with zero attached hydrogens (tertiary/aromatic N) is 2. The van der Waals surface area contributed by atoms with Crippen LogP contribution in [0.1, 0.15) is 31.9 Å². The summed E-state index contributed by atoms with van der Waals surface area (Å²) in [5.41, 5.74) is 0.620. The summed E-state index contributed by atoms with van der Waals surface area (Å²) in [7, 11) is 0. The van der Waals surface area contributed by atoms with Crippen LogP contribution in [-0.4, -0.2) is 46.7 Å². The number of hydrogen-bond donors (Lipinski definition) is 2. The van der Waals surface area contributed by atoms with Gasteiger partial charge < -0.3 is 15.5 Å². The molecule has 0 aliphatic carbocycles. The number of carbonyl (C=O) groups excluding carboxylic acids is 3. The number of amides is 3. The van der Waals surface area contributed by atoms with Crippen LogP contribution in [0.3, 0.4) is 0 Å². The van der Waals surface area contributed by atoms with Crippen LogP contribution in [0.4, 0.5) is 5.13 Å². The Morgan fingerprint density at radius 1 is 1.50 bits per heavy atom. The summed E-state index contributed by atoms with van der Waals surface area (Å²) in [6.45, 7) is 6.65. The maximum Gasteiger partial charge on any atom is 0.248 e. The van der Waals surface area contributed by atoms with Crippen molar-refractivity contribution >= 4 is 34.2 Å². The Bertz CT molecular complexity index is 629. The Balaban J connectivity index is 1.91. The molecule has 1 aliphatic heterocycles. The van der Waals surface area contributed by atoms with Crippen LogP contribution in [0.5, 0.6) is 0 Å². The normalized spacial score (nSPS) is 16.7. The summed E-state index contributed by atoms with van der Waals surface area (Å²) in [4.78, 5) is 41.6. The lowest BCUT2D eigenvalue weighted by molar-refractivity contribution is -0.132. The molecule has 0 saturated carbocycles. The van der Waals surface area contributed by atoms with Gasteiger partial charge in [-0.25, -0.2) is 4.98 Å². The van der Waals surface area contributed by atoms with Gasteiger partial charge in [0.15, 0.2) is 5.13 Å². The molecule has 8 heteroatoms. The number of rotatable bonds is 7. The molecule has 2 heterocycles. The number of aromatic nitrogens is 1. The zero-order chi connectivity index (χ0) is 17.5. The lowest BCUT2D eigenvalue weighted by Crippen LogP contribution is -2.42. The van der Waals surface area contributed by atoms with Crippen LogP contribution >= 0.6 is 11.3 Å². The lowest BCUT2D eigenvalue weighted by Gasteiger charge is -2.21. The number of likely N-dealkylation sites (tertiary alicyclic amines) is 1. The fourth-order valence-electron chi connectivity index (χ4n) is 2.55. The van der Waals surface area contributed by atoms with Crippen LogP contribution in [0.25, 0.3) is 0 Å². The second-order valence-corrected chi connectivity index (χ2v) is 6.41. The minimum Gasteiger partial charge on any atom is -0.356 e. The first-order chi connectivity index (χ1) is 11.5. The van der Waals surface area contributed by atoms with Gasteiger partial charge in [0, 0.05) is 18.5 Å². The summed E-state index contributed by atoms with van der Waals surface area (Å²) in [6.07, 6.45) is 3.71. The quantitative estimate of drug-likeness (QED) is 0.726. The molecule has 1 aromatic heterocycles. The molecule has 1 atom stereocenters. The summed E-state index contributed by atoms with van der Waals surface area (Å²) in [5.74, 6) is -0.572. The van der Waals surface area contributed by atoms with Crippen molar-refractivity contribution in [3.05, 3.63) is 23.7 Å². The molecular weight excluding hydrogens is 328 g/mol. The molecule has 2 N–H and O–H groups in total. The zero-order valence-electron chi connectivity index (χ0n) is 13.7. The molecule has 7 nitrogen and oxygen atoms in total. The summed E-state index contributed by atoms with van der Waals surface area (Å²) >= 11 is 1.27. The summed E-state index contributed by atoms with van der Waals surface area (Å²) < 4.78 is 0. The molecule has 24 heavy (non-hydrogen) atoms. The molecule has 0 radical (unpaired) electrons. The number of thiazole rings is 1. The van der Waals surface area contributed by atoms with Crippen molar-refractivity contribution in [2.75, 3.05) is 18.4 Å². The smallest absolute Gasteiger partial charge is 0.248 e. The van der Waals surface area contributed by atoms with E-state index in [1.807, 2.05) is 6.92 Å². The minimum absolute atomic E-state index is 0.0847. The fraction of sp³-hybridized carbons (Fsp3) is 0.500. The van der Waals surface area contributed by atoms with Crippen molar-refractivity contribution in [3.8, 4) is 0 Å². The van der Waals surface area contributed by atoms with Gasteiger partial charge in [0.05, 0.1) is 12.1 Å². The van der Waals surface area contributed by atoms with Crippen LogP contribution < -0.4 is 10.6 Å². The topological polar surface area (TPSA) is 91.4 Å². The third kappa shape index (κ3) is 4.64. The third-order valence-corrected chi connectivity index (χ3v) is 4.52. The lowest BCUT2D eigenvalue weighted by atomic mass is 10.2. The number of anilines is 1. The SMILES string of the molecule is C=CC(=O)N1CCCC1C(=O)Nc1nc(CC(=O)NCCC)cs1. The van der Waals surface area contributed by atoms with Crippen LogP contribution in [0.15, 0.2) is 18.0 Å². The minimum atomic E-state index is -0.490. The van der Waals surface area contributed by atoms with E-state index in [4.69, 9.17) is 0 Å². The average Bonchev–Trinajstić information content (AvgIpc) is 3.21. The maximum absolute atomic E-state index is 12.4. The Morgan fingerprint density at radius 3 is 3.00 bits per heavy atom. The Labute approximate surface area is 145 Å². The van der Waals surface area contributed by atoms with E-state index in [0.717, 1.165) is 12.8 Å². The highest BCUT2D eigenvalue weighted by Crippen LogP contribution is 2.21. The number of hydrogen-bond acceptors (Lipinski definition) is 5. The molecule has 1 saturated heterocycles. The average molecular weight is 350 g/mol. The van der Waals surface area contributed by atoms with Crippen molar-refractivity contribution in [2.45, 2.75) is 38.6 Å². The Morgan fingerprint density at radius 2 is 2.29 bits per heavy atom. The van der Waals surface area contributed by atoms with Crippen molar-refractivity contribution in [3.63, 3.8) is 0 Å². The maximum atomic E-state index is 12.4. The Kier molecular flexibility index (Phi) is 6.48. The monoisotopic (exact) mass is 350 g/mol. The van der Waals surface area contributed by atoms with Crippen LogP contribution in [0.2, 0.25) is 0 Å². The van der Waals surface area contributed by atoms with Gasteiger partial charge in [-0.2, -0.15) is 0 Å². The molecule has 0 bridgehead atoms. The summed E-state index contributed by atoms with van der Waals surface area (Å²) in [5, 5.41) is 7.72. The van der Waals surface area contributed by atoms with E-state index < -0.39 is 6.04 Å². The van der Waals surface area contributed by atoms with Crippen molar-refractivity contribution in [2.24, 2.45) is 0 Å². The largest absolute Gasteiger partial charge is 0.356 e. The molecular formula is C16H22N4O3S. The van der Waals surface area contributed by atoms with Crippen molar-refractivity contribution < 1.29 is 14.4 Å². The molecule has 1 aromatic rings.